The van der Waals surface area contributed by atoms with Gasteiger partial charge in [0.1, 0.15) is 0 Å². The average molecular weight is 251 g/mol. The highest BCUT2D eigenvalue weighted by Crippen LogP contribution is 2.02. The second kappa shape index (κ2) is 7.97. The van der Waals surface area contributed by atoms with E-state index in [-0.39, 0.29) is 12.3 Å². The molecule has 0 saturated heterocycles. The van der Waals surface area contributed by atoms with E-state index in [0.29, 0.717) is 24.9 Å². The molecule has 0 aliphatic rings. The number of ketones is 1. The minimum absolute atomic E-state index is 0.0288. The summed E-state index contributed by atoms with van der Waals surface area (Å²) in [4.78, 5) is 11.7. The summed E-state index contributed by atoms with van der Waals surface area (Å²) in [5.74, 6) is 0.0288. The van der Waals surface area contributed by atoms with E-state index in [4.69, 9.17) is 0 Å². The third-order valence-electron chi connectivity index (χ3n) is 2.86. The van der Waals surface area contributed by atoms with Crippen LogP contribution in [0.1, 0.15) is 30.1 Å². The number of hydrogen-bond donors (Lipinski definition) is 3. The molecule has 4 nitrogen and oxygen atoms in total. The van der Waals surface area contributed by atoms with Gasteiger partial charge in [0.05, 0.1) is 18.8 Å². The molecule has 3 N–H and O–H groups in total. The van der Waals surface area contributed by atoms with Crippen molar-refractivity contribution in [2.75, 3.05) is 13.1 Å². The Kier molecular flexibility index (Phi) is 6.57. The molecular formula is C14H21NO3. The van der Waals surface area contributed by atoms with Gasteiger partial charge in [-0.1, -0.05) is 37.3 Å². The van der Waals surface area contributed by atoms with Crippen molar-refractivity contribution in [1.29, 1.82) is 0 Å². The fourth-order valence-electron chi connectivity index (χ4n) is 1.64. The molecule has 1 aromatic carbocycles. The molecule has 2 unspecified atom stereocenters. The van der Waals surface area contributed by atoms with Gasteiger partial charge in [-0.3, -0.25) is 4.79 Å². The van der Waals surface area contributed by atoms with Gasteiger partial charge in [-0.05, 0) is 19.4 Å². The maximum Gasteiger partial charge on any atom is 0.176 e. The quantitative estimate of drug-likeness (QED) is 0.476. The highest BCUT2D eigenvalue weighted by atomic mass is 16.3. The summed E-state index contributed by atoms with van der Waals surface area (Å²) in [6, 6.07) is 9.08. The third-order valence-corrected chi connectivity index (χ3v) is 2.86. The molecule has 0 aliphatic heterocycles. The van der Waals surface area contributed by atoms with E-state index >= 15 is 0 Å². The summed E-state index contributed by atoms with van der Waals surface area (Å²) >= 11 is 0. The average Bonchev–Trinajstić information content (AvgIpc) is 2.43. The molecule has 0 fully saturated rings. The van der Waals surface area contributed by atoms with Crippen molar-refractivity contribution < 1.29 is 15.0 Å². The largest absolute Gasteiger partial charge is 0.390 e. The van der Waals surface area contributed by atoms with Gasteiger partial charge < -0.3 is 15.5 Å². The first-order chi connectivity index (χ1) is 8.65. The molecule has 0 spiro atoms. The number of nitrogens with one attached hydrogen (secondary N) is 1. The van der Waals surface area contributed by atoms with E-state index in [2.05, 4.69) is 5.32 Å². The Labute approximate surface area is 108 Å². The third kappa shape index (κ3) is 4.96. The van der Waals surface area contributed by atoms with Crippen molar-refractivity contribution in [3.8, 4) is 0 Å². The summed E-state index contributed by atoms with van der Waals surface area (Å²) in [6.07, 6.45) is -0.438. The lowest BCUT2D eigenvalue weighted by molar-refractivity contribution is 0.0131. The first kappa shape index (κ1) is 14.8. The summed E-state index contributed by atoms with van der Waals surface area (Å²) in [5.41, 5.74) is 0.680. The summed E-state index contributed by atoms with van der Waals surface area (Å²) in [6.45, 7) is 2.58. The zero-order chi connectivity index (χ0) is 13.4. The van der Waals surface area contributed by atoms with E-state index in [9.17, 15) is 15.0 Å². The number of carbonyl (C=O) groups excluding carboxylic acids is 1. The van der Waals surface area contributed by atoms with E-state index in [0.717, 1.165) is 0 Å². The second-order valence-corrected chi connectivity index (χ2v) is 4.30. The Hall–Kier alpha value is -1.23. The molecule has 1 rings (SSSR count). The monoisotopic (exact) mass is 251 g/mol. The number of hydrogen-bond acceptors (Lipinski definition) is 4. The molecule has 100 valence electrons. The predicted molar refractivity (Wildman–Crippen MR) is 70.6 cm³/mol. The van der Waals surface area contributed by atoms with E-state index in [1.54, 1.807) is 12.1 Å². The molecule has 0 radical (unpaired) electrons. The van der Waals surface area contributed by atoms with Crippen LogP contribution in [0, 0.1) is 0 Å². The lowest BCUT2D eigenvalue weighted by Gasteiger charge is -2.15. The van der Waals surface area contributed by atoms with Crippen LogP contribution in [-0.2, 0) is 0 Å². The topological polar surface area (TPSA) is 69.6 Å². The summed E-state index contributed by atoms with van der Waals surface area (Å²) in [7, 11) is 0. The molecule has 1 aromatic rings. The van der Waals surface area contributed by atoms with Gasteiger partial charge in [0, 0.05) is 5.56 Å². The second-order valence-electron chi connectivity index (χ2n) is 4.30. The van der Waals surface area contributed by atoms with Gasteiger partial charge >= 0.3 is 0 Å². The van der Waals surface area contributed by atoms with Gasteiger partial charge in [-0.15, -0.1) is 0 Å². The van der Waals surface area contributed by atoms with E-state index in [1.807, 2.05) is 25.1 Å². The van der Waals surface area contributed by atoms with Crippen molar-refractivity contribution in [2.24, 2.45) is 0 Å². The smallest absolute Gasteiger partial charge is 0.176 e. The summed E-state index contributed by atoms with van der Waals surface area (Å²) in [5, 5.41) is 21.9. The maximum absolute atomic E-state index is 11.7. The molecular weight excluding hydrogens is 230 g/mol. The maximum atomic E-state index is 11.7. The molecule has 18 heavy (non-hydrogen) atoms. The fourth-order valence-corrected chi connectivity index (χ4v) is 1.64. The minimum atomic E-state index is -0.727. The molecule has 0 aliphatic carbocycles. The van der Waals surface area contributed by atoms with Crippen LogP contribution in [0.3, 0.4) is 0 Å². The zero-order valence-electron chi connectivity index (χ0n) is 10.7. The SMILES string of the molecule is CCC(O)C(O)CCNCC(=O)c1ccccc1. The Bertz CT molecular complexity index is 353. The fraction of sp³-hybridized carbons (Fsp3) is 0.500. The number of benzene rings is 1. The van der Waals surface area contributed by atoms with E-state index < -0.39 is 12.2 Å². The van der Waals surface area contributed by atoms with E-state index in [1.165, 1.54) is 0 Å². The number of aliphatic hydroxyl groups excluding tert-OH is 2. The zero-order valence-corrected chi connectivity index (χ0v) is 10.7. The number of aliphatic hydroxyl groups is 2. The van der Waals surface area contributed by atoms with Crippen LogP contribution in [0.25, 0.3) is 0 Å². The number of carbonyl (C=O) groups is 1. The van der Waals surface area contributed by atoms with Crippen molar-refractivity contribution in [3.05, 3.63) is 35.9 Å². The first-order valence-corrected chi connectivity index (χ1v) is 6.30. The van der Waals surface area contributed by atoms with Gasteiger partial charge in [0.15, 0.2) is 5.78 Å². The minimum Gasteiger partial charge on any atom is -0.390 e. The Morgan fingerprint density at radius 1 is 1.22 bits per heavy atom. The van der Waals surface area contributed by atoms with Crippen molar-refractivity contribution in [1.82, 2.24) is 5.32 Å². The van der Waals surface area contributed by atoms with Gasteiger partial charge in [-0.2, -0.15) is 0 Å². The Balaban J connectivity index is 2.21. The lowest BCUT2D eigenvalue weighted by Crippen LogP contribution is -2.31. The molecule has 0 amide bonds. The van der Waals surface area contributed by atoms with Crippen LogP contribution in [0.5, 0.6) is 0 Å². The van der Waals surface area contributed by atoms with Crippen LogP contribution in [0.2, 0.25) is 0 Å². The molecule has 0 saturated carbocycles. The van der Waals surface area contributed by atoms with Crippen molar-refractivity contribution >= 4 is 5.78 Å². The normalized spacial score (nSPS) is 14.2. The van der Waals surface area contributed by atoms with Crippen molar-refractivity contribution in [2.45, 2.75) is 32.0 Å². The summed E-state index contributed by atoms with van der Waals surface area (Å²) < 4.78 is 0. The van der Waals surface area contributed by atoms with Gasteiger partial charge in [0.2, 0.25) is 0 Å². The highest BCUT2D eigenvalue weighted by molar-refractivity contribution is 5.97. The molecule has 4 heteroatoms. The van der Waals surface area contributed by atoms with Crippen LogP contribution >= 0.6 is 0 Å². The standard InChI is InChI=1S/C14H21NO3/c1-2-12(16)13(17)8-9-15-10-14(18)11-6-4-3-5-7-11/h3-7,12-13,15-17H,2,8-10H2,1H3. The number of rotatable bonds is 8. The highest BCUT2D eigenvalue weighted by Gasteiger charge is 2.13. The molecule has 0 heterocycles. The van der Waals surface area contributed by atoms with Gasteiger partial charge in [-0.25, -0.2) is 0 Å². The molecule has 0 aromatic heterocycles. The van der Waals surface area contributed by atoms with Gasteiger partial charge in [0.25, 0.3) is 0 Å². The van der Waals surface area contributed by atoms with Crippen LogP contribution in [-0.4, -0.2) is 41.3 Å². The lowest BCUT2D eigenvalue weighted by atomic mass is 10.1. The van der Waals surface area contributed by atoms with Crippen LogP contribution in [0.15, 0.2) is 30.3 Å². The molecule has 0 bridgehead atoms. The Morgan fingerprint density at radius 2 is 1.89 bits per heavy atom. The van der Waals surface area contributed by atoms with Crippen LogP contribution < -0.4 is 5.32 Å². The Morgan fingerprint density at radius 3 is 2.50 bits per heavy atom. The molecule has 2 atom stereocenters. The first-order valence-electron chi connectivity index (χ1n) is 6.30. The van der Waals surface area contributed by atoms with Crippen LogP contribution in [0.4, 0.5) is 0 Å². The predicted octanol–water partition coefficient (Wildman–Crippen LogP) is 0.981. The van der Waals surface area contributed by atoms with Crippen molar-refractivity contribution in [3.63, 3.8) is 0 Å². The number of Topliss-reactive ketones (excluding diaryl/α,β-unsaturated/α-hetero) is 1.